The van der Waals surface area contributed by atoms with Gasteiger partial charge in [-0.1, -0.05) is 25.0 Å². The van der Waals surface area contributed by atoms with E-state index in [4.69, 9.17) is 0 Å². The van der Waals surface area contributed by atoms with Crippen LogP contribution in [0.3, 0.4) is 0 Å². The fourth-order valence-electron chi connectivity index (χ4n) is 2.52. The van der Waals surface area contributed by atoms with E-state index in [0.29, 0.717) is 18.6 Å². The van der Waals surface area contributed by atoms with Crippen LogP contribution < -0.4 is 5.32 Å². The summed E-state index contributed by atoms with van der Waals surface area (Å²) in [7, 11) is 0. The van der Waals surface area contributed by atoms with Crippen LogP contribution in [0.25, 0.3) is 0 Å². The molecule has 0 radical (unpaired) electrons. The van der Waals surface area contributed by atoms with Crippen LogP contribution in [0.2, 0.25) is 0 Å². The molecule has 114 valence electrons. The molecule has 1 aliphatic rings. The molecule has 6 heteroatoms. The first-order valence-corrected chi connectivity index (χ1v) is 8.04. The number of hydrogen-bond donors (Lipinski definition) is 2. The molecule has 0 saturated heterocycles. The molecule has 4 nitrogen and oxygen atoms in total. The van der Waals surface area contributed by atoms with Gasteiger partial charge in [0.15, 0.2) is 0 Å². The molecule has 0 unspecified atom stereocenters. The number of carboxylic acid groups (broad SMARTS) is 1. The molecule has 2 rings (SSSR count). The van der Waals surface area contributed by atoms with Gasteiger partial charge in [0.25, 0.3) is 0 Å². The van der Waals surface area contributed by atoms with Crippen LogP contribution in [0, 0.1) is 5.82 Å². The number of carbonyl (C=O) groups excluding carboxylic acids is 1. The van der Waals surface area contributed by atoms with E-state index in [9.17, 15) is 19.1 Å². The summed E-state index contributed by atoms with van der Waals surface area (Å²) in [6.07, 6.45) is 2.65. The molecule has 0 heterocycles. The molecule has 1 aliphatic carbocycles. The Morgan fingerprint density at radius 1 is 1.24 bits per heavy atom. The predicted octanol–water partition coefficient (Wildman–Crippen LogP) is 2.57. The van der Waals surface area contributed by atoms with E-state index in [2.05, 4.69) is 5.32 Å². The van der Waals surface area contributed by atoms with E-state index >= 15 is 0 Å². The van der Waals surface area contributed by atoms with Crippen molar-refractivity contribution in [2.45, 2.75) is 37.0 Å². The zero-order valence-corrected chi connectivity index (χ0v) is 12.4. The fourth-order valence-corrected chi connectivity index (χ4v) is 3.30. The van der Waals surface area contributed by atoms with Gasteiger partial charge in [-0.15, -0.1) is 11.8 Å². The first-order valence-electron chi connectivity index (χ1n) is 6.88. The van der Waals surface area contributed by atoms with Gasteiger partial charge in [-0.2, -0.15) is 0 Å². The lowest BCUT2D eigenvalue weighted by atomic mass is 9.98. The van der Waals surface area contributed by atoms with E-state index in [0.717, 1.165) is 18.4 Å². The minimum absolute atomic E-state index is 0.201. The van der Waals surface area contributed by atoms with Crippen molar-refractivity contribution in [3.63, 3.8) is 0 Å². The molecule has 0 bridgehead atoms. The third-order valence-corrected chi connectivity index (χ3v) is 4.66. The van der Waals surface area contributed by atoms with E-state index in [1.54, 1.807) is 12.1 Å². The van der Waals surface area contributed by atoms with E-state index in [1.807, 2.05) is 0 Å². The maximum absolute atomic E-state index is 12.8. The van der Waals surface area contributed by atoms with Crippen LogP contribution in [-0.2, 0) is 15.3 Å². The number of amides is 1. The molecular formula is C15H18FNO3S. The summed E-state index contributed by atoms with van der Waals surface area (Å²) in [5.74, 6) is -0.699. The second-order valence-electron chi connectivity index (χ2n) is 5.26. The summed E-state index contributed by atoms with van der Waals surface area (Å²) in [6, 6.07) is 6.12. The molecule has 1 amide bonds. The number of rotatable bonds is 6. The third-order valence-electron chi connectivity index (χ3n) is 3.66. The van der Waals surface area contributed by atoms with Crippen molar-refractivity contribution < 1.29 is 19.1 Å². The van der Waals surface area contributed by atoms with Crippen molar-refractivity contribution in [2.75, 3.05) is 5.75 Å². The van der Waals surface area contributed by atoms with Crippen molar-refractivity contribution in [1.29, 1.82) is 0 Å². The van der Waals surface area contributed by atoms with Crippen LogP contribution in [0.5, 0.6) is 0 Å². The van der Waals surface area contributed by atoms with Crippen LogP contribution in [0.1, 0.15) is 31.2 Å². The Hall–Kier alpha value is -1.56. The van der Waals surface area contributed by atoms with Gasteiger partial charge in [0.2, 0.25) is 5.91 Å². The average Bonchev–Trinajstić information content (AvgIpc) is 2.91. The summed E-state index contributed by atoms with van der Waals surface area (Å²) in [5, 5.41) is 12.0. The number of thioether (sulfide) groups is 1. The van der Waals surface area contributed by atoms with Gasteiger partial charge < -0.3 is 10.4 Å². The molecular weight excluding hydrogens is 293 g/mol. The topological polar surface area (TPSA) is 66.4 Å². The van der Waals surface area contributed by atoms with Crippen molar-refractivity contribution in [3.8, 4) is 0 Å². The lowest BCUT2D eigenvalue weighted by molar-refractivity contribution is -0.147. The number of carboxylic acids is 1. The fraction of sp³-hybridized carbons (Fsp3) is 0.467. The number of carbonyl (C=O) groups is 2. The first-order chi connectivity index (χ1) is 10.0. The third kappa shape index (κ3) is 4.20. The number of aliphatic carboxylic acids is 1. The van der Waals surface area contributed by atoms with Crippen molar-refractivity contribution >= 4 is 23.6 Å². The highest BCUT2D eigenvalue weighted by molar-refractivity contribution is 7.99. The van der Waals surface area contributed by atoms with Crippen LogP contribution >= 0.6 is 11.8 Å². The summed E-state index contributed by atoms with van der Waals surface area (Å²) in [6.45, 7) is 0. The zero-order chi connectivity index (χ0) is 15.3. The number of benzene rings is 1. The Balaban J connectivity index is 1.79. The molecule has 1 fully saturated rings. The molecule has 1 saturated carbocycles. The van der Waals surface area contributed by atoms with Gasteiger partial charge in [0.1, 0.15) is 11.4 Å². The first kappa shape index (κ1) is 15.8. The van der Waals surface area contributed by atoms with Crippen LogP contribution in [0.15, 0.2) is 24.3 Å². The molecule has 21 heavy (non-hydrogen) atoms. The Labute approximate surface area is 127 Å². The summed E-state index contributed by atoms with van der Waals surface area (Å²) in [5.41, 5.74) is -0.143. The van der Waals surface area contributed by atoms with Crippen molar-refractivity contribution in [3.05, 3.63) is 35.6 Å². The summed E-state index contributed by atoms with van der Waals surface area (Å²) >= 11 is 1.39. The lowest BCUT2D eigenvalue weighted by Crippen LogP contribution is -2.53. The SMILES string of the molecule is O=C(CSCc1ccc(F)cc1)NC1(C(=O)O)CCCC1. The Morgan fingerprint density at radius 2 is 1.86 bits per heavy atom. The standard InChI is InChI=1S/C15H18FNO3S/c16-12-5-3-11(4-6-12)9-21-10-13(18)17-15(14(19)20)7-1-2-8-15/h3-6H,1-2,7-10H2,(H,17,18)(H,19,20). The Bertz CT molecular complexity index is 512. The van der Waals surface area contributed by atoms with Gasteiger partial charge >= 0.3 is 5.97 Å². The molecule has 0 aliphatic heterocycles. The maximum Gasteiger partial charge on any atom is 0.329 e. The van der Waals surface area contributed by atoms with Crippen LogP contribution in [-0.4, -0.2) is 28.3 Å². The smallest absolute Gasteiger partial charge is 0.329 e. The average molecular weight is 311 g/mol. The monoisotopic (exact) mass is 311 g/mol. The quantitative estimate of drug-likeness (QED) is 0.847. The molecule has 2 N–H and O–H groups in total. The van der Waals surface area contributed by atoms with E-state index in [-0.39, 0.29) is 17.5 Å². The second-order valence-corrected chi connectivity index (χ2v) is 6.25. The minimum atomic E-state index is -1.08. The summed E-state index contributed by atoms with van der Waals surface area (Å²) in [4.78, 5) is 23.2. The van der Waals surface area contributed by atoms with Gasteiger partial charge in [0, 0.05) is 5.75 Å². The van der Waals surface area contributed by atoms with E-state index in [1.165, 1.54) is 23.9 Å². The van der Waals surface area contributed by atoms with Crippen LogP contribution in [0.4, 0.5) is 4.39 Å². The van der Waals surface area contributed by atoms with Gasteiger partial charge in [-0.3, -0.25) is 4.79 Å². The number of hydrogen-bond acceptors (Lipinski definition) is 3. The molecule has 0 aromatic heterocycles. The molecule has 1 aromatic carbocycles. The molecule has 1 aromatic rings. The molecule has 0 atom stereocenters. The highest BCUT2D eigenvalue weighted by Crippen LogP contribution is 2.30. The normalized spacial score (nSPS) is 16.6. The van der Waals surface area contributed by atoms with Gasteiger partial charge in [0.05, 0.1) is 5.75 Å². The minimum Gasteiger partial charge on any atom is -0.480 e. The second kappa shape index (κ2) is 6.93. The summed E-state index contributed by atoms with van der Waals surface area (Å²) < 4.78 is 12.8. The van der Waals surface area contributed by atoms with Gasteiger partial charge in [-0.05, 0) is 30.5 Å². The van der Waals surface area contributed by atoms with Crippen molar-refractivity contribution in [1.82, 2.24) is 5.32 Å². The lowest BCUT2D eigenvalue weighted by Gasteiger charge is -2.25. The molecule has 0 spiro atoms. The zero-order valence-electron chi connectivity index (χ0n) is 11.6. The highest BCUT2D eigenvalue weighted by Gasteiger charge is 2.42. The highest BCUT2D eigenvalue weighted by atomic mass is 32.2. The van der Waals surface area contributed by atoms with E-state index < -0.39 is 11.5 Å². The Kier molecular flexibility index (Phi) is 5.22. The van der Waals surface area contributed by atoms with Gasteiger partial charge in [-0.25, -0.2) is 9.18 Å². The van der Waals surface area contributed by atoms with Crippen molar-refractivity contribution in [2.24, 2.45) is 0 Å². The number of halogens is 1. The predicted molar refractivity (Wildman–Crippen MR) is 79.5 cm³/mol. The number of nitrogens with one attached hydrogen (secondary N) is 1. The maximum atomic E-state index is 12.8. The Morgan fingerprint density at radius 3 is 2.43 bits per heavy atom. The largest absolute Gasteiger partial charge is 0.480 e.